The Bertz CT molecular complexity index is 851. The van der Waals surface area contributed by atoms with E-state index in [1.807, 2.05) is 0 Å². The average molecular weight is 374 g/mol. The number of piperazine rings is 1. The van der Waals surface area contributed by atoms with E-state index in [0.29, 0.717) is 19.2 Å². The van der Waals surface area contributed by atoms with Crippen molar-refractivity contribution in [3.63, 3.8) is 0 Å². The van der Waals surface area contributed by atoms with Crippen LogP contribution in [0.3, 0.4) is 0 Å². The van der Waals surface area contributed by atoms with Crippen LogP contribution in [0, 0.1) is 11.6 Å². The monoisotopic (exact) mass is 374 g/mol. The molecular formula is C19H20F2N4O2. The van der Waals surface area contributed by atoms with Crippen LogP contribution in [0.15, 0.2) is 36.4 Å². The van der Waals surface area contributed by atoms with Crippen molar-refractivity contribution in [3.8, 4) is 0 Å². The zero-order valence-corrected chi connectivity index (χ0v) is 14.9. The molecule has 0 bridgehead atoms. The molecule has 0 unspecified atom stereocenters. The molecule has 1 aromatic heterocycles. The quantitative estimate of drug-likeness (QED) is 0.893. The molecule has 0 saturated carbocycles. The lowest BCUT2D eigenvalue weighted by molar-refractivity contribution is 0.0637. The van der Waals surface area contributed by atoms with E-state index in [9.17, 15) is 18.4 Å². The van der Waals surface area contributed by atoms with Gasteiger partial charge in [0.15, 0.2) is 0 Å². The van der Waals surface area contributed by atoms with Crippen LogP contribution in [0.5, 0.6) is 0 Å². The highest BCUT2D eigenvalue weighted by Gasteiger charge is 2.23. The van der Waals surface area contributed by atoms with Crippen molar-refractivity contribution in [1.82, 2.24) is 14.8 Å². The van der Waals surface area contributed by atoms with Gasteiger partial charge in [0.1, 0.15) is 23.0 Å². The third-order valence-electron chi connectivity index (χ3n) is 4.49. The number of nitrogens with zero attached hydrogens (tertiary/aromatic N) is 3. The fourth-order valence-corrected chi connectivity index (χ4v) is 2.89. The van der Waals surface area contributed by atoms with Crippen molar-refractivity contribution in [2.24, 2.45) is 0 Å². The number of anilines is 1. The summed E-state index contributed by atoms with van der Waals surface area (Å²) in [4.78, 5) is 33.0. The SMILES string of the molecule is CCN1CCN(C(=O)c2cccc(C(=O)Nc3ccc(F)cc3F)n2)CC1. The molecule has 0 aliphatic carbocycles. The minimum atomic E-state index is -0.885. The second-order valence-corrected chi connectivity index (χ2v) is 6.21. The van der Waals surface area contributed by atoms with Crippen LogP contribution in [0.4, 0.5) is 14.5 Å². The molecule has 3 rings (SSSR count). The van der Waals surface area contributed by atoms with Gasteiger partial charge in [-0.05, 0) is 30.8 Å². The van der Waals surface area contributed by atoms with Crippen molar-refractivity contribution in [2.75, 3.05) is 38.0 Å². The minimum Gasteiger partial charge on any atom is -0.335 e. The van der Waals surface area contributed by atoms with E-state index < -0.39 is 17.5 Å². The fraction of sp³-hybridized carbons (Fsp3) is 0.316. The summed E-state index contributed by atoms with van der Waals surface area (Å²) in [6, 6.07) is 7.39. The van der Waals surface area contributed by atoms with Gasteiger partial charge in [-0.15, -0.1) is 0 Å². The Morgan fingerprint density at radius 3 is 2.44 bits per heavy atom. The molecule has 1 aliphatic rings. The van der Waals surface area contributed by atoms with E-state index in [2.05, 4.69) is 22.1 Å². The van der Waals surface area contributed by atoms with Gasteiger partial charge in [-0.25, -0.2) is 13.8 Å². The van der Waals surface area contributed by atoms with Crippen molar-refractivity contribution in [3.05, 3.63) is 59.4 Å². The van der Waals surface area contributed by atoms with Gasteiger partial charge in [-0.3, -0.25) is 9.59 Å². The Morgan fingerprint density at radius 1 is 1.07 bits per heavy atom. The molecule has 1 aliphatic heterocycles. The smallest absolute Gasteiger partial charge is 0.274 e. The number of carbonyl (C=O) groups excluding carboxylic acids is 2. The highest BCUT2D eigenvalue weighted by Crippen LogP contribution is 2.16. The molecule has 2 heterocycles. The van der Waals surface area contributed by atoms with E-state index >= 15 is 0 Å². The molecule has 6 nitrogen and oxygen atoms in total. The zero-order valence-electron chi connectivity index (χ0n) is 14.9. The normalized spacial score (nSPS) is 14.9. The van der Waals surface area contributed by atoms with Crippen LogP contribution in [-0.4, -0.2) is 59.3 Å². The number of benzene rings is 1. The van der Waals surface area contributed by atoms with E-state index in [1.54, 1.807) is 17.0 Å². The number of hydrogen-bond donors (Lipinski definition) is 1. The number of likely N-dealkylation sites (N-methyl/N-ethyl adjacent to an activating group) is 1. The number of hydrogen-bond acceptors (Lipinski definition) is 4. The van der Waals surface area contributed by atoms with Gasteiger partial charge in [0.2, 0.25) is 0 Å². The Hall–Kier alpha value is -2.87. The molecule has 0 radical (unpaired) electrons. The molecule has 0 atom stereocenters. The predicted octanol–water partition coefficient (Wildman–Crippen LogP) is 2.39. The predicted molar refractivity (Wildman–Crippen MR) is 96.6 cm³/mol. The molecule has 27 heavy (non-hydrogen) atoms. The van der Waals surface area contributed by atoms with Gasteiger partial charge >= 0.3 is 0 Å². The Balaban J connectivity index is 1.71. The van der Waals surface area contributed by atoms with E-state index in [-0.39, 0.29) is 23.0 Å². The first-order chi connectivity index (χ1) is 13.0. The first kappa shape index (κ1) is 18.9. The molecule has 1 saturated heterocycles. The number of carbonyl (C=O) groups is 2. The highest BCUT2D eigenvalue weighted by molar-refractivity contribution is 6.03. The molecule has 8 heteroatoms. The molecule has 2 amide bonds. The second-order valence-electron chi connectivity index (χ2n) is 6.21. The number of nitrogens with one attached hydrogen (secondary N) is 1. The largest absolute Gasteiger partial charge is 0.335 e. The Labute approximate surface area is 155 Å². The molecule has 1 N–H and O–H groups in total. The van der Waals surface area contributed by atoms with E-state index in [0.717, 1.165) is 31.8 Å². The summed E-state index contributed by atoms with van der Waals surface area (Å²) >= 11 is 0. The molecule has 1 fully saturated rings. The first-order valence-corrected chi connectivity index (χ1v) is 8.73. The molecule has 2 aromatic rings. The summed E-state index contributed by atoms with van der Waals surface area (Å²) in [5.41, 5.74) is -0.0143. The number of halogens is 2. The van der Waals surface area contributed by atoms with E-state index in [1.165, 1.54) is 6.07 Å². The Morgan fingerprint density at radius 2 is 1.78 bits per heavy atom. The van der Waals surface area contributed by atoms with Gasteiger partial charge in [0.25, 0.3) is 11.8 Å². The zero-order chi connectivity index (χ0) is 19.4. The molecule has 1 aromatic carbocycles. The van der Waals surface area contributed by atoms with Gasteiger partial charge in [-0.2, -0.15) is 0 Å². The summed E-state index contributed by atoms with van der Waals surface area (Å²) in [6.45, 7) is 5.82. The lowest BCUT2D eigenvalue weighted by atomic mass is 10.2. The Kier molecular flexibility index (Phi) is 5.75. The minimum absolute atomic E-state index is 0.0169. The van der Waals surface area contributed by atoms with Crippen LogP contribution in [0.25, 0.3) is 0 Å². The third-order valence-corrected chi connectivity index (χ3v) is 4.49. The van der Waals surface area contributed by atoms with Crippen molar-refractivity contribution in [1.29, 1.82) is 0 Å². The number of pyridine rings is 1. The molecular weight excluding hydrogens is 354 g/mol. The van der Waals surface area contributed by atoms with E-state index in [4.69, 9.17) is 0 Å². The summed E-state index contributed by atoms with van der Waals surface area (Å²) in [5, 5.41) is 2.34. The maximum atomic E-state index is 13.7. The van der Waals surface area contributed by atoms with Crippen LogP contribution in [-0.2, 0) is 0 Å². The molecule has 142 valence electrons. The summed E-state index contributed by atoms with van der Waals surface area (Å²) in [5.74, 6) is -2.54. The summed E-state index contributed by atoms with van der Waals surface area (Å²) in [6.07, 6.45) is 0. The van der Waals surface area contributed by atoms with Crippen molar-refractivity contribution in [2.45, 2.75) is 6.92 Å². The van der Waals surface area contributed by atoms with Crippen LogP contribution in [0.1, 0.15) is 27.9 Å². The maximum Gasteiger partial charge on any atom is 0.274 e. The second kappa shape index (κ2) is 8.22. The van der Waals surface area contributed by atoms with Crippen LogP contribution in [0.2, 0.25) is 0 Å². The average Bonchev–Trinajstić information content (AvgIpc) is 2.69. The van der Waals surface area contributed by atoms with Gasteiger partial charge in [0.05, 0.1) is 5.69 Å². The van der Waals surface area contributed by atoms with Crippen molar-refractivity contribution < 1.29 is 18.4 Å². The van der Waals surface area contributed by atoms with Gasteiger partial charge in [0, 0.05) is 32.2 Å². The number of rotatable bonds is 4. The summed E-state index contributed by atoms with van der Waals surface area (Å²) in [7, 11) is 0. The third kappa shape index (κ3) is 4.46. The lowest BCUT2D eigenvalue weighted by Crippen LogP contribution is -2.48. The maximum absolute atomic E-state index is 13.7. The standard InChI is InChI=1S/C19H20F2N4O2/c1-2-24-8-10-25(11-9-24)19(27)17-5-3-4-16(22-17)18(26)23-15-7-6-13(20)12-14(15)21/h3-7,12H,2,8-11H2,1H3,(H,23,26). The number of aromatic nitrogens is 1. The van der Waals surface area contributed by atoms with Gasteiger partial charge < -0.3 is 15.1 Å². The molecule has 0 spiro atoms. The topological polar surface area (TPSA) is 65.5 Å². The van der Waals surface area contributed by atoms with Gasteiger partial charge in [-0.1, -0.05) is 13.0 Å². The van der Waals surface area contributed by atoms with Crippen LogP contribution >= 0.6 is 0 Å². The summed E-state index contributed by atoms with van der Waals surface area (Å²) < 4.78 is 26.7. The van der Waals surface area contributed by atoms with Crippen molar-refractivity contribution >= 4 is 17.5 Å². The first-order valence-electron chi connectivity index (χ1n) is 8.73. The highest BCUT2D eigenvalue weighted by atomic mass is 19.1. The van der Waals surface area contributed by atoms with Crippen LogP contribution < -0.4 is 5.32 Å². The number of amides is 2. The lowest BCUT2D eigenvalue weighted by Gasteiger charge is -2.33. The fourth-order valence-electron chi connectivity index (χ4n) is 2.89.